The zero-order valence-electron chi connectivity index (χ0n) is 14.1. The minimum absolute atomic E-state index is 0.181. The lowest BCUT2D eigenvalue weighted by Crippen LogP contribution is -2.20. The van der Waals surface area contributed by atoms with Gasteiger partial charge in [-0.05, 0) is 29.8 Å². The van der Waals surface area contributed by atoms with Gasteiger partial charge in [-0.25, -0.2) is 4.98 Å². The van der Waals surface area contributed by atoms with E-state index in [-0.39, 0.29) is 5.25 Å². The molecule has 0 aliphatic carbocycles. The van der Waals surface area contributed by atoms with Gasteiger partial charge in [-0.1, -0.05) is 52.5 Å². The van der Waals surface area contributed by atoms with Gasteiger partial charge in [0.15, 0.2) is 0 Å². The molecular weight excluding hydrogens is 446 g/mol. The van der Waals surface area contributed by atoms with E-state index in [0.717, 1.165) is 17.9 Å². The number of nitrogens with zero attached hydrogens (tertiary/aromatic N) is 2. The Balaban J connectivity index is 1.65. The van der Waals surface area contributed by atoms with Crippen LogP contribution in [0.1, 0.15) is 5.56 Å². The topological polar surface area (TPSA) is 27.1 Å². The molecule has 0 saturated carbocycles. The van der Waals surface area contributed by atoms with Gasteiger partial charge in [0.05, 0.1) is 21.6 Å². The number of hydrogen-bond donors (Lipinski definition) is 0. The Morgan fingerprint density at radius 2 is 1.85 bits per heavy atom. The molecule has 3 aromatic rings. The minimum Gasteiger partial charge on any atom is -0.492 e. The highest BCUT2D eigenvalue weighted by Crippen LogP contribution is 2.29. The van der Waals surface area contributed by atoms with Crippen LogP contribution in [0.3, 0.4) is 0 Å². The molecule has 0 amide bonds. The molecule has 142 valence electrons. The Labute approximate surface area is 182 Å². The summed E-state index contributed by atoms with van der Waals surface area (Å²) in [5, 5.41) is 2.46. The zero-order valence-corrected chi connectivity index (χ0v) is 18.0. The van der Waals surface area contributed by atoms with E-state index in [1.807, 2.05) is 29.0 Å². The van der Waals surface area contributed by atoms with Crippen molar-refractivity contribution in [3.8, 4) is 5.75 Å². The first-order valence-electron chi connectivity index (χ1n) is 8.10. The van der Waals surface area contributed by atoms with Gasteiger partial charge in [-0.3, -0.25) is 0 Å². The number of rotatable bonds is 8. The summed E-state index contributed by atoms with van der Waals surface area (Å²) >= 11 is 26.0. The number of halogens is 4. The maximum atomic E-state index is 6.29. The molecule has 1 heterocycles. The van der Waals surface area contributed by atoms with Crippen molar-refractivity contribution in [2.75, 3.05) is 6.61 Å². The normalized spacial score (nSPS) is 12.1. The van der Waals surface area contributed by atoms with Crippen LogP contribution in [0.25, 0.3) is 0 Å². The number of benzene rings is 2. The van der Waals surface area contributed by atoms with E-state index in [2.05, 4.69) is 4.98 Å². The predicted molar refractivity (Wildman–Crippen MR) is 116 cm³/mol. The second-order valence-electron chi connectivity index (χ2n) is 5.82. The van der Waals surface area contributed by atoms with E-state index in [9.17, 15) is 0 Å². The lowest BCUT2D eigenvalue weighted by molar-refractivity contribution is 0.308. The van der Waals surface area contributed by atoms with Gasteiger partial charge >= 0.3 is 0 Å². The van der Waals surface area contributed by atoms with Crippen LogP contribution in [0.2, 0.25) is 20.1 Å². The maximum absolute atomic E-state index is 6.29. The van der Waals surface area contributed by atoms with E-state index in [1.54, 1.807) is 42.5 Å². The van der Waals surface area contributed by atoms with Crippen molar-refractivity contribution >= 4 is 58.2 Å². The van der Waals surface area contributed by atoms with Gasteiger partial charge in [0.2, 0.25) is 0 Å². The molecule has 3 rings (SSSR count). The van der Waals surface area contributed by atoms with Crippen LogP contribution >= 0.6 is 58.2 Å². The number of aromatic nitrogens is 2. The van der Waals surface area contributed by atoms with E-state index in [0.29, 0.717) is 32.4 Å². The number of thioether (sulfide) groups is 1. The Kier molecular flexibility index (Phi) is 7.62. The Morgan fingerprint density at radius 1 is 1.00 bits per heavy atom. The van der Waals surface area contributed by atoms with Gasteiger partial charge in [0.1, 0.15) is 12.4 Å². The Bertz CT molecular complexity index is 889. The van der Waals surface area contributed by atoms with Crippen LogP contribution in [0.15, 0.2) is 55.1 Å². The fraction of sp³-hybridized carbons (Fsp3) is 0.211. The summed E-state index contributed by atoms with van der Waals surface area (Å²) < 4.78 is 7.97. The quantitative estimate of drug-likeness (QED) is 0.365. The van der Waals surface area contributed by atoms with Gasteiger partial charge in [-0.2, -0.15) is 0 Å². The molecule has 2 aromatic carbocycles. The molecule has 0 fully saturated rings. The molecule has 1 atom stereocenters. The average Bonchev–Trinajstić information content (AvgIpc) is 3.14. The molecule has 0 saturated heterocycles. The van der Waals surface area contributed by atoms with E-state index in [4.69, 9.17) is 51.1 Å². The van der Waals surface area contributed by atoms with Crippen LogP contribution in [0.4, 0.5) is 0 Å². The third-order valence-corrected chi connectivity index (χ3v) is 6.35. The van der Waals surface area contributed by atoms with Crippen molar-refractivity contribution in [3.05, 3.63) is 80.8 Å². The third-order valence-electron chi connectivity index (χ3n) is 3.79. The van der Waals surface area contributed by atoms with Gasteiger partial charge in [-0.15, -0.1) is 11.8 Å². The molecule has 8 heteroatoms. The summed E-state index contributed by atoms with van der Waals surface area (Å²) in [6.45, 7) is 1.27. The van der Waals surface area contributed by atoms with Crippen LogP contribution in [-0.2, 0) is 12.3 Å². The highest BCUT2D eigenvalue weighted by Gasteiger charge is 2.14. The Morgan fingerprint density at radius 3 is 2.56 bits per heavy atom. The van der Waals surface area contributed by atoms with Crippen LogP contribution in [0.5, 0.6) is 5.75 Å². The van der Waals surface area contributed by atoms with E-state index in [1.165, 1.54) is 0 Å². The Hall–Kier alpha value is -1.04. The minimum atomic E-state index is 0.181. The first-order chi connectivity index (χ1) is 13.0. The number of imidazole rings is 1. The third kappa shape index (κ3) is 6.23. The van der Waals surface area contributed by atoms with Crippen molar-refractivity contribution in [3.63, 3.8) is 0 Å². The molecule has 0 radical (unpaired) electrons. The highest BCUT2D eigenvalue weighted by atomic mass is 35.5. The summed E-state index contributed by atoms with van der Waals surface area (Å²) in [5.74, 6) is 1.44. The summed E-state index contributed by atoms with van der Waals surface area (Å²) in [6.07, 6.45) is 5.49. The second kappa shape index (κ2) is 9.94. The average molecular weight is 462 g/mol. The summed E-state index contributed by atoms with van der Waals surface area (Å²) in [4.78, 5) is 4.10. The smallest absolute Gasteiger partial charge is 0.120 e. The monoisotopic (exact) mass is 460 g/mol. The van der Waals surface area contributed by atoms with E-state index < -0.39 is 0 Å². The standard InChI is InChI=1S/C19H16Cl4N2OS/c20-14-2-1-13(18(22)7-14)11-27-16(9-25-6-5-24-12-25)10-26-15-3-4-17(21)19(23)8-15/h1-8,12,16H,9-11H2. The van der Waals surface area contributed by atoms with Crippen LogP contribution in [0, 0.1) is 0 Å². The largest absolute Gasteiger partial charge is 0.492 e. The van der Waals surface area contributed by atoms with Crippen molar-refractivity contribution in [2.45, 2.75) is 17.5 Å². The van der Waals surface area contributed by atoms with Crippen LogP contribution < -0.4 is 4.74 Å². The maximum Gasteiger partial charge on any atom is 0.120 e. The molecule has 1 aromatic heterocycles. The lowest BCUT2D eigenvalue weighted by atomic mass is 10.2. The van der Waals surface area contributed by atoms with Crippen molar-refractivity contribution in [1.29, 1.82) is 0 Å². The molecular formula is C19H16Cl4N2OS. The van der Waals surface area contributed by atoms with Crippen molar-refractivity contribution in [2.24, 2.45) is 0 Å². The fourth-order valence-electron chi connectivity index (χ4n) is 2.39. The first-order valence-corrected chi connectivity index (χ1v) is 10.7. The molecule has 0 spiro atoms. The fourth-order valence-corrected chi connectivity index (χ4v) is 4.34. The second-order valence-corrected chi connectivity index (χ2v) is 8.76. The number of hydrogen-bond acceptors (Lipinski definition) is 3. The van der Waals surface area contributed by atoms with Crippen molar-refractivity contribution < 1.29 is 4.74 Å². The molecule has 0 aliphatic heterocycles. The molecule has 0 N–H and O–H groups in total. The van der Waals surface area contributed by atoms with Gasteiger partial charge in [0, 0.05) is 40.8 Å². The van der Waals surface area contributed by atoms with Gasteiger partial charge in [0.25, 0.3) is 0 Å². The molecule has 1 unspecified atom stereocenters. The van der Waals surface area contributed by atoms with E-state index >= 15 is 0 Å². The molecule has 3 nitrogen and oxygen atoms in total. The summed E-state index contributed by atoms with van der Waals surface area (Å²) in [5.41, 5.74) is 1.04. The summed E-state index contributed by atoms with van der Waals surface area (Å²) in [7, 11) is 0. The number of ether oxygens (including phenoxy) is 1. The lowest BCUT2D eigenvalue weighted by Gasteiger charge is -2.18. The molecule has 0 aliphatic rings. The van der Waals surface area contributed by atoms with Crippen LogP contribution in [-0.4, -0.2) is 21.4 Å². The predicted octanol–water partition coefficient (Wildman–Crippen LogP) is 6.88. The molecule has 0 bridgehead atoms. The van der Waals surface area contributed by atoms with Gasteiger partial charge < -0.3 is 9.30 Å². The SMILES string of the molecule is Clc1ccc(CSC(COc2ccc(Cl)c(Cl)c2)Cn2ccnc2)c(Cl)c1. The highest BCUT2D eigenvalue weighted by molar-refractivity contribution is 7.99. The first kappa shape index (κ1) is 20.7. The van der Waals surface area contributed by atoms with Crippen molar-refractivity contribution in [1.82, 2.24) is 9.55 Å². The zero-order chi connectivity index (χ0) is 19.2. The summed E-state index contributed by atoms with van der Waals surface area (Å²) in [6, 6.07) is 10.8. The molecule has 27 heavy (non-hydrogen) atoms.